The number of esters is 1. The van der Waals surface area contributed by atoms with Crippen LogP contribution in [0.2, 0.25) is 0 Å². The molecule has 0 aromatic heterocycles. The van der Waals surface area contributed by atoms with E-state index in [9.17, 15) is 37.1 Å². The van der Waals surface area contributed by atoms with Crippen LogP contribution in [0.3, 0.4) is 0 Å². The van der Waals surface area contributed by atoms with Crippen molar-refractivity contribution in [1.82, 2.24) is 10.6 Å². The van der Waals surface area contributed by atoms with Gasteiger partial charge in [-0.15, -0.1) is 0 Å². The van der Waals surface area contributed by atoms with Crippen LogP contribution in [0, 0.1) is 11.7 Å². The number of aliphatic hydroxyl groups is 1. The number of halogens is 4. The minimum Gasteiger partial charge on any atom is -0.465 e. The molecule has 7 nitrogen and oxygen atoms in total. The number of methoxy groups -OCH3 is 1. The maximum absolute atomic E-state index is 13.8. The summed E-state index contributed by atoms with van der Waals surface area (Å²) in [7, 11) is 1.14. The van der Waals surface area contributed by atoms with E-state index in [1.54, 1.807) is 0 Å². The molecule has 1 aliphatic rings. The summed E-state index contributed by atoms with van der Waals surface area (Å²) < 4.78 is 59.2. The van der Waals surface area contributed by atoms with E-state index >= 15 is 0 Å². The average molecular weight is 440 g/mol. The molecule has 0 saturated carbocycles. The Morgan fingerprint density at radius 1 is 1.03 bits per heavy atom. The van der Waals surface area contributed by atoms with Crippen molar-refractivity contribution in [3.05, 3.63) is 71.0 Å². The monoisotopic (exact) mass is 440 g/mol. The molecule has 1 aliphatic heterocycles. The van der Waals surface area contributed by atoms with E-state index in [1.807, 2.05) is 0 Å². The molecule has 0 aliphatic carbocycles. The molecule has 164 valence electrons. The second-order valence-corrected chi connectivity index (χ2v) is 6.80. The van der Waals surface area contributed by atoms with E-state index in [-0.39, 0.29) is 16.7 Å². The van der Waals surface area contributed by atoms with Gasteiger partial charge >= 0.3 is 18.2 Å². The fourth-order valence-electron chi connectivity index (χ4n) is 3.35. The lowest BCUT2D eigenvalue weighted by Gasteiger charge is -2.45. The van der Waals surface area contributed by atoms with Gasteiger partial charge in [-0.3, -0.25) is 4.79 Å². The van der Waals surface area contributed by atoms with Crippen molar-refractivity contribution in [1.29, 1.82) is 0 Å². The van der Waals surface area contributed by atoms with Crippen LogP contribution in [0.4, 0.5) is 22.4 Å². The third kappa shape index (κ3) is 4.08. The summed E-state index contributed by atoms with van der Waals surface area (Å²) in [5, 5.41) is 14.1. The van der Waals surface area contributed by atoms with Crippen molar-refractivity contribution in [3.63, 3.8) is 0 Å². The zero-order valence-corrected chi connectivity index (χ0v) is 15.9. The van der Waals surface area contributed by atoms with Gasteiger partial charge in [-0.25, -0.2) is 14.0 Å². The van der Waals surface area contributed by atoms with Crippen molar-refractivity contribution in [2.75, 3.05) is 7.11 Å². The second kappa shape index (κ2) is 7.99. The Labute approximate surface area is 173 Å². The van der Waals surface area contributed by atoms with Crippen LogP contribution < -0.4 is 10.6 Å². The van der Waals surface area contributed by atoms with Gasteiger partial charge in [-0.1, -0.05) is 12.1 Å². The summed E-state index contributed by atoms with van der Waals surface area (Å²) in [5.74, 6) is -4.87. The van der Waals surface area contributed by atoms with E-state index < -0.39 is 47.5 Å². The Balaban J connectivity index is 2.12. The van der Waals surface area contributed by atoms with Crippen molar-refractivity contribution < 1.29 is 41.8 Å². The molecule has 0 spiro atoms. The zero-order chi connectivity index (χ0) is 23.0. The Morgan fingerprint density at radius 3 is 2.10 bits per heavy atom. The van der Waals surface area contributed by atoms with E-state index in [0.29, 0.717) is 0 Å². The molecule has 3 N–H and O–H groups in total. The van der Waals surface area contributed by atoms with Crippen molar-refractivity contribution >= 4 is 17.8 Å². The molecule has 1 heterocycles. The number of ketones is 1. The third-order valence-corrected chi connectivity index (χ3v) is 4.91. The Kier molecular flexibility index (Phi) is 5.72. The topological polar surface area (TPSA) is 105 Å². The Hall–Kier alpha value is -3.47. The molecular weight excluding hydrogens is 424 g/mol. The fraction of sp³-hybridized carbons (Fsp3) is 0.250. The third-order valence-electron chi connectivity index (χ3n) is 4.91. The summed E-state index contributed by atoms with van der Waals surface area (Å²) in [6.07, 6.45) is -5.42. The highest BCUT2D eigenvalue weighted by Gasteiger charge is 2.66. The molecule has 2 aromatic rings. The number of Topliss-reactive ketones (excluding diaryl/α,β-unsaturated/α-hetero) is 1. The predicted molar refractivity (Wildman–Crippen MR) is 97.4 cm³/mol. The number of alkyl halides is 3. The lowest BCUT2D eigenvalue weighted by Crippen LogP contribution is -2.72. The molecule has 3 unspecified atom stereocenters. The van der Waals surface area contributed by atoms with Crippen molar-refractivity contribution in [2.45, 2.75) is 17.9 Å². The number of urea groups is 1. The number of carbonyl (C=O) groups is 3. The highest BCUT2D eigenvalue weighted by atomic mass is 19.4. The first-order chi connectivity index (χ1) is 14.5. The highest BCUT2D eigenvalue weighted by Crippen LogP contribution is 2.44. The molecule has 3 atom stereocenters. The Bertz CT molecular complexity index is 1010. The molecule has 2 aromatic carbocycles. The van der Waals surface area contributed by atoms with Crippen molar-refractivity contribution in [2.24, 2.45) is 5.92 Å². The van der Waals surface area contributed by atoms with Gasteiger partial charge in [-0.2, -0.15) is 13.2 Å². The van der Waals surface area contributed by atoms with Gasteiger partial charge in [0.05, 0.1) is 18.7 Å². The van der Waals surface area contributed by atoms with E-state index in [4.69, 9.17) is 0 Å². The summed E-state index contributed by atoms with van der Waals surface area (Å²) in [6.45, 7) is 0. The minimum absolute atomic E-state index is 0.0191. The molecule has 11 heteroatoms. The normalized spacial score (nSPS) is 23.5. The van der Waals surface area contributed by atoms with Gasteiger partial charge in [0.25, 0.3) is 0 Å². The highest BCUT2D eigenvalue weighted by molar-refractivity contribution is 6.00. The van der Waals surface area contributed by atoms with Crippen LogP contribution >= 0.6 is 0 Å². The fourth-order valence-corrected chi connectivity index (χ4v) is 3.35. The average Bonchev–Trinajstić information content (AvgIpc) is 2.72. The lowest BCUT2D eigenvalue weighted by atomic mass is 9.77. The molecule has 0 radical (unpaired) electrons. The number of nitrogens with one attached hydrogen (secondary N) is 2. The van der Waals surface area contributed by atoms with Crippen molar-refractivity contribution in [3.8, 4) is 0 Å². The number of rotatable bonds is 4. The zero-order valence-electron chi connectivity index (χ0n) is 15.9. The SMILES string of the molecule is COC(=O)c1ccc(C2NC(=O)NC(O)(C(F)(F)F)C2C(=O)c2ccc(F)cc2)cc1. The number of benzene rings is 2. The summed E-state index contributed by atoms with van der Waals surface area (Å²) >= 11 is 0. The van der Waals surface area contributed by atoms with Gasteiger partial charge < -0.3 is 20.5 Å². The smallest absolute Gasteiger partial charge is 0.437 e. The van der Waals surface area contributed by atoms with Crippen LogP contribution in [-0.4, -0.2) is 41.9 Å². The maximum Gasteiger partial charge on any atom is 0.437 e. The lowest BCUT2D eigenvalue weighted by molar-refractivity contribution is -0.287. The van der Waals surface area contributed by atoms with Gasteiger partial charge in [-0.05, 0) is 42.0 Å². The second-order valence-electron chi connectivity index (χ2n) is 6.80. The van der Waals surface area contributed by atoms with Crippen LogP contribution in [0.25, 0.3) is 0 Å². The van der Waals surface area contributed by atoms with Gasteiger partial charge in [0, 0.05) is 5.56 Å². The van der Waals surface area contributed by atoms with Gasteiger partial charge in [0.15, 0.2) is 5.78 Å². The maximum atomic E-state index is 13.8. The first kappa shape index (κ1) is 22.2. The molecule has 0 bridgehead atoms. The standard InChI is InChI=1S/C20H16F4N2O5/c1-31-17(28)12-4-2-10(3-5-12)15-14(16(27)11-6-8-13(21)9-7-11)19(30,20(22,23)24)26-18(29)25-15/h2-9,14-15,30H,1H3,(H2,25,26,29). The van der Waals surface area contributed by atoms with Gasteiger partial charge in [0.1, 0.15) is 11.7 Å². The van der Waals surface area contributed by atoms with E-state index in [0.717, 1.165) is 31.4 Å². The molecule has 1 fully saturated rings. The number of hydrogen-bond acceptors (Lipinski definition) is 5. The Morgan fingerprint density at radius 2 is 1.58 bits per heavy atom. The van der Waals surface area contributed by atoms with Gasteiger partial charge in [0.2, 0.25) is 5.72 Å². The molecule has 3 rings (SSSR count). The van der Waals surface area contributed by atoms with E-state index in [2.05, 4.69) is 10.1 Å². The minimum atomic E-state index is -5.42. The number of amides is 2. The summed E-state index contributed by atoms with van der Waals surface area (Å²) in [4.78, 5) is 36.6. The largest absolute Gasteiger partial charge is 0.465 e. The van der Waals surface area contributed by atoms with E-state index in [1.165, 1.54) is 29.6 Å². The van der Waals surface area contributed by atoms with Crippen LogP contribution in [-0.2, 0) is 4.74 Å². The molecule has 2 amide bonds. The number of carbonyl (C=O) groups excluding carboxylic acids is 3. The first-order valence-corrected chi connectivity index (χ1v) is 8.84. The summed E-state index contributed by atoms with van der Waals surface area (Å²) in [5.41, 5.74) is -4.11. The van der Waals surface area contributed by atoms with Crippen LogP contribution in [0.1, 0.15) is 32.3 Å². The number of hydrogen-bond donors (Lipinski definition) is 3. The molecular formula is C20H16F4N2O5. The molecule has 31 heavy (non-hydrogen) atoms. The van der Waals surface area contributed by atoms with Crippen LogP contribution in [0.5, 0.6) is 0 Å². The quantitative estimate of drug-likeness (QED) is 0.385. The number of ether oxygens (including phenoxy) is 1. The van der Waals surface area contributed by atoms with Crippen LogP contribution in [0.15, 0.2) is 48.5 Å². The summed E-state index contributed by atoms with van der Waals surface area (Å²) in [6, 6.07) is 5.67. The predicted octanol–water partition coefficient (Wildman–Crippen LogP) is 2.72. The molecule has 1 saturated heterocycles. The first-order valence-electron chi connectivity index (χ1n) is 8.84.